The molecule has 0 saturated heterocycles. The van der Waals surface area contributed by atoms with E-state index in [2.05, 4.69) is 6.92 Å². The number of nitrogens with zero attached hydrogens (tertiary/aromatic N) is 1. The van der Waals surface area contributed by atoms with E-state index in [4.69, 9.17) is 9.47 Å². The molecule has 0 heterocycles. The Hall–Kier alpha value is -2.11. The Morgan fingerprint density at radius 3 is 1.81 bits per heavy atom. The zero-order valence-electron chi connectivity index (χ0n) is 16.5. The van der Waals surface area contributed by atoms with Crippen LogP contribution in [0.1, 0.15) is 84.0 Å². The third-order valence-corrected chi connectivity index (χ3v) is 4.47. The molecule has 0 radical (unpaired) electrons. The Morgan fingerprint density at radius 1 is 0.852 bits per heavy atom. The summed E-state index contributed by atoms with van der Waals surface area (Å²) in [6.07, 6.45) is 14.2. The van der Waals surface area contributed by atoms with Crippen molar-refractivity contribution in [3.63, 3.8) is 0 Å². The molecule has 152 valence electrons. The lowest BCUT2D eigenvalue weighted by atomic mass is 10.1. The second-order valence-corrected chi connectivity index (χ2v) is 6.84. The van der Waals surface area contributed by atoms with Crippen molar-refractivity contribution in [2.24, 2.45) is 0 Å². The van der Waals surface area contributed by atoms with Gasteiger partial charge in [0.1, 0.15) is 5.75 Å². The lowest BCUT2D eigenvalue weighted by Crippen LogP contribution is -2.11. The molecule has 6 heteroatoms. The van der Waals surface area contributed by atoms with Gasteiger partial charge in [0.25, 0.3) is 5.69 Å². The van der Waals surface area contributed by atoms with Crippen LogP contribution in [0.3, 0.4) is 0 Å². The fourth-order valence-electron chi connectivity index (χ4n) is 2.86. The first kappa shape index (κ1) is 22.9. The van der Waals surface area contributed by atoms with Crippen molar-refractivity contribution in [3.05, 3.63) is 34.4 Å². The standard InChI is InChI=1S/C21H33NO5/c1-2-3-4-5-6-7-8-9-10-11-12-13-18-26-21(23)27-20-16-14-19(15-17-20)22(24)25/h14-17H,2-13,18H2,1H3. The summed E-state index contributed by atoms with van der Waals surface area (Å²) in [6, 6.07) is 5.33. The number of carbonyl (C=O) groups is 1. The third kappa shape index (κ3) is 12.0. The monoisotopic (exact) mass is 379 g/mol. The molecule has 0 atom stereocenters. The van der Waals surface area contributed by atoms with Crippen LogP contribution in [-0.2, 0) is 4.74 Å². The quantitative estimate of drug-likeness (QED) is 0.110. The molecular weight excluding hydrogens is 346 g/mol. The van der Waals surface area contributed by atoms with Gasteiger partial charge in [0.15, 0.2) is 0 Å². The fourth-order valence-corrected chi connectivity index (χ4v) is 2.86. The predicted molar refractivity (Wildman–Crippen MR) is 106 cm³/mol. The van der Waals surface area contributed by atoms with Crippen molar-refractivity contribution >= 4 is 11.8 Å². The van der Waals surface area contributed by atoms with E-state index in [1.54, 1.807) is 0 Å². The Labute approximate surface area is 162 Å². The number of rotatable bonds is 15. The SMILES string of the molecule is CCCCCCCCCCCCCCOC(=O)Oc1ccc([N+](=O)[O-])cc1. The highest BCUT2D eigenvalue weighted by Gasteiger charge is 2.08. The molecule has 0 aromatic heterocycles. The molecule has 0 fully saturated rings. The Balaban J connectivity index is 1.93. The molecule has 0 saturated carbocycles. The van der Waals surface area contributed by atoms with Crippen LogP contribution < -0.4 is 4.74 Å². The number of hydrogen-bond donors (Lipinski definition) is 0. The molecule has 0 N–H and O–H groups in total. The first-order chi connectivity index (χ1) is 13.1. The average molecular weight is 379 g/mol. The molecular formula is C21H33NO5. The summed E-state index contributed by atoms with van der Waals surface area (Å²) in [7, 11) is 0. The zero-order valence-corrected chi connectivity index (χ0v) is 16.5. The Kier molecular flexibility index (Phi) is 12.7. The van der Waals surface area contributed by atoms with Gasteiger partial charge in [-0.2, -0.15) is 0 Å². The minimum Gasteiger partial charge on any atom is -0.434 e. The highest BCUT2D eigenvalue weighted by atomic mass is 16.7. The van der Waals surface area contributed by atoms with Gasteiger partial charge in [-0.3, -0.25) is 10.1 Å². The summed E-state index contributed by atoms with van der Waals surface area (Å²) in [6.45, 7) is 2.58. The largest absolute Gasteiger partial charge is 0.513 e. The summed E-state index contributed by atoms with van der Waals surface area (Å²) in [4.78, 5) is 21.6. The minimum atomic E-state index is -0.771. The van der Waals surface area contributed by atoms with Crippen LogP contribution >= 0.6 is 0 Å². The normalized spacial score (nSPS) is 10.6. The lowest BCUT2D eigenvalue weighted by molar-refractivity contribution is -0.384. The van der Waals surface area contributed by atoms with Crippen molar-refractivity contribution in [1.29, 1.82) is 0 Å². The summed E-state index contributed by atoms with van der Waals surface area (Å²) in [5.41, 5.74) is -0.0489. The summed E-state index contributed by atoms with van der Waals surface area (Å²) < 4.78 is 9.99. The van der Waals surface area contributed by atoms with Gasteiger partial charge in [-0.1, -0.05) is 77.6 Å². The molecule has 0 spiro atoms. The first-order valence-corrected chi connectivity index (χ1v) is 10.2. The maximum absolute atomic E-state index is 11.6. The molecule has 1 rings (SSSR count). The Bertz CT molecular complexity index is 530. The van der Waals surface area contributed by atoms with Crippen molar-refractivity contribution in [2.45, 2.75) is 84.0 Å². The number of nitro benzene ring substituents is 1. The Morgan fingerprint density at radius 2 is 1.33 bits per heavy atom. The van der Waals surface area contributed by atoms with Gasteiger partial charge >= 0.3 is 6.16 Å². The minimum absolute atomic E-state index is 0.0489. The maximum Gasteiger partial charge on any atom is 0.513 e. The molecule has 1 aromatic carbocycles. The van der Waals surface area contributed by atoms with Gasteiger partial charge in [-0.05, 0) is 18.6 Å². The van der Waals surface area contributed by atoms with E-state index in [0.29, 0.717) is 6.61 Å². The van der Waals surface area contributed by atoms with E-state index in [9.17, 15) is 14.9 Å². The van der Waals surface area contributed by atoms with E-state index < -0.39 is 11.1 Å². The molecule has 0 aliphatic rings. The highest BCUT2D eigenvalue weighted by Crippen LogP contribution is 2.18. The smallest absolute Gasteiger partial charge is 0.434 e. The second kappa shape index (κ2) is 15.0. The van der Waals surface area contributed by atoms with Gasteiger partial charge in [-0.25, -0.2) is 4.79 Å². The number of hydrogen-bond acceptors (Lipinski definition) is 5. The summed E-state index contributed by atoms with van der Waals surface area (Å²) >= 11 is 0. The van der Waals surface area contributed by atoms with E-state index in [1.807, 2.05) is 0 Å². The fraction of sp³-hybridized carbons (Fsp3) is 0.667. The summed E-state index contributed by atoms with van der Waals surface area (Å²) in [5, 5.41) is 10.6. The number of nitro groups is 1. The molecule has 6 nitrogen and oxygen atoms in total. The van der Waals surface area contributed by atoms with Crippen LogP contribution in [-0.4, -0.2) is 17.7 Å². The average Bonchev–Trinajstić information content (AvgIpc) is 2.66. The number of benzene rings is 1. The highest BCUT2D eigenvalue weighted by molar-refractivity contribution is 5.63. The number of ether oxygens (including phenoxy) is 2. The van der Waals surface area contributed by atoms with Gasteiger partial charge in [0.05, 0.1) is 11.5 Å². The van der Waals surface area contributed by atoms with Gasteiger partial charge < -0.3 is 9.47 Å². The lowest BCUT2D eigenvalue weighted by Gasteiger charge is -2.06. The van der Waals surface area contributed by atoms with E-state index in [1.165, 1.54) is 82.1 Å². The molecule has 0 amide bonds. The van der Waals surface area contributed by atoms with Crippen molar-refractivity contribution < 1.29 is 19.2 Å². The van der Waals surface area contributed by atoms with Crippen molar-refractivity contribution in [2.75, 3.05) is 6.61 Å². The first-order valence-electron chi connectivity index (χ1n) is 10.2. The van der Waals surface area contributed by atoms with Crippen LogP contribution in [0.25, 0.3) is 0 Å². The number of unbranched alkanes of at least 4 members (excludes halogenated alkanes) is 11. The topological polar surface area (TPSA) is 78.7 Å². The van der Waals surface area contributed by atoms with E-state index in [-0.39, 0.29) is 11.4 Å². The molecule has 27 heavy (non-hydrogen) atoms. The van der Waals surface area contributed by atoms with Crippen LogP contribution in [0.15, 0.2) is 24.3 Å². The third-order valence-electron chi connectivity index (χ3n) is 4.47. The molecule has 1 aromatic rings. The van der Waals surface area contributed by atoms with Crippen molar-refractivity contribution in [3.8, 4) is 5.75 Å². The maximum atomic E-state index is 11.6. The molecule has 0 aliphatic heterocycles. The second-order valence-electron chi connectivity index (χ2n) is 6.84. The van der Waals surface area contributed by atoms with Crippen LogP contribution in [0, 0.1) is 10.1 Å². The van der Waals surface area contributed by atoms with Crippen molar-refractivity contribution in [1.82, 2.24) is 0 Å². The van der Waals surface area contributed by atoms with Gasteiger partial charge in [0.2, 0.25) is 0 Å². The van der Waals surface area contributed by atoms with E-state index in [0.717, 1.165) is 19.3 Å². The van der Waals surface area contributed by atoms with Crippen LogP contribution in [0.5, 0.6) is 5.75 Å². The van der Waals surface area contributed by atoms with Gasteiger partial charge in [-0.15, -0.1) is 0 Å². The van der Waals surface area contributed by atoms with Crippen LogP contribution in [0.4, 0.5) is 10.5 Å². The molecule has 0 bridgehead atoms. The predicted octanol–water partition coefficient (Wildman–Crippen LogP) is 6.81. The van der Waals surface area contributed by atoms with Gasteiger partial charge in [0, 0.05) is 12.1 Å². The zero-order chi connectivity index (χ0) is 19.7. The molecule has 0 aliphatic carbocycles. The van der Waals surface area contributed by atoms with Crippen LogP contribution in [0.2, 0.25) is 0 Å². The summed E-state index contributed by atoms with van der Waals surface area (Å²) in [5.74, 6) is 0.236. The molecule has 0 unspecified atom stereocenters. The number of carbonyl (C=O) groups excluding carboxylic acids is 1. The van der Waals surface area contributed by atoms with E-state index >= 15 is 0 Å². The number of non-ortho nitro benzene ring substituents is 1.